The summed E-state index contributed by atoms with van der Waals surface area (Å²) in [6.07, 6.45) is 80.5. The zero-order chi connectivity index (χ0) is 55.7. The van der Waals surface area contributed by atoms with Crippen LogP contribution in [0.15, 0.2) is 24.3 Å². The van der Waals surface area contributed by atoms with E-state index in [9.17, 15) is 14.4 Å². The Hall–Kier alpha value is -2.11. The monoisotopic (exact) mass is 1080 g/mol. The molecule has 6 heteroatoms. The van der Waals surface area contributed by atoms with Crippen LogP contribution in [0.4, 0.5) is 0 Å². The molecule has 0 aromatic carbocycles. The van der Waals surface area contributed by atoms with E-state index in [4.69, 9.17) is 14.2 Å². The lowest BCUT2D eigenvalue weighted by Gasteiger charge is -2.18. The molecule has 0 aliphatic rings. The van der Waals surface area contributed by atoms with E-state index in [2.05, 4.69) is 45.1 Å². The van der Waals surface area contributed by atoms with Crippen LogP contribution >= 0.6 is 0 Å². The highest BCUT2D eigenvalue weighted by Crippen LogP contribution is 2.19. The van der Waals surface area contributed by atoms with Crippen LogP contribution in [0.2, 0.25) is 0 Å². The van der Waals surface area contributed by atoms with Gasteiger partial charge in [0, 0.05) is 19.3 Å². The molecule has 0 N–H and O–H groups in total. The normalized spacial score (nSPS) is 12.1. The van der Waals surface area contributed by atoms with Gasteiger partial charge in [-0.1, -0.05) is 347 Å². The summed E-state index contributed by atoms with van der Waals surface area (Å²) in [5.41, 5.74) is 0. The maximum atomic E-state index is 12.9. The summed E-state index contributed by atoms with van der Waals surface area (Å²) < 4.78 is 17.0. The molecule has 0 fully saturated rings. The zero-order valence-electron chi connectivity index (χ0n) is 52.3. The number of esters is 3. The van der Waals surface area contributed by atoms with Crippen LogP contribution in [0.25, 0.3) is 0 Å². The molecule has 0 radical (unpaired) electrons. The first-order valence-corrected chi connectivity index (χ1v) is 34.8. The van der Waals surface area contributed by atoms with Crippen molar-refractivity contribution in [1.82, 2.24) is 0 Å². The molecular weight excluding hydrogens is 949 g/mol. The van der Waals surface area contributed by atoms with E-state index in [0.717, 1.165) is 70.6 Å². The summed E-state index contributed by atoms with van der Waals surface area (Å²) in [6.45, 7) is 6.70. The Morgan fingerprint density at radius 1 is 0.260 bits per heavy atom. The Balaban J connectivity index is 4.27. The van der Waals surface area contributed by atoms with Gasteiger partial charge in [0.25, 0.3) is 0 Å². The summed E-state index contributed by atoms with van der Waals surface area (Å²) in [7, 11) is 0. The number of carbonyl (C=O) groups excluding carboxylic acids is 3. The number of carbonyl (C=O) groups is 3. The average Bonchev–Trinajstić information content (AvgIpc) is 3.43. The van der Waals surface area contributed by atoms with Gasteiger partial charge in [-0.15, -0.1) is 0 Å². The van der Waals surface area contributed by atoms with Crippen molar-refractivity contribution in [1.29, 1.82) is 0 Å². The lowest BCUT2D eigenvalue weighted by molar-refractivity contribution is -0.167. The van der Waals surface area contributed by atoms with E-state index in [1.54, 1.807) is 0 Å². The van der Waals surface area contributed by atoms with Crippen LogP contribution in [-0.4, -0.2) is 37.2 Å². The van der Waals surface area contributed by atoms with Crippen LogP contribution in [0.5, 0.6) is 0 Å². The molecule has 0 saturated carbocycles. The number of hydrogen-bond donors (Lipinski definition) is 0. The molecule has 1 atom stereocenters. The van der Waals surface area contributed by atoms with Gasteiger partial charge in [0.2, 0.25) is 0 Å². The second-order valence-electron chi connectivity index (χ2n) is 23.8. The molecular formula is C71H134O6. The maximum Gasteiger partial charge on any atom is 0.306 e. The van der Waals surface area contributed by atoms with Crippen molar-refractivity contribution >= 4 is 17.9 Å². The number of rotatable bonds is 65. The van der Waals surface area contributed by atoms with E-state index in [-0.39, 0.29) is 31.1 Å². The Labute approximate surface area is 481 Å². The fourth-order valence-electron chi connectivity index (χ4n) is 10.7. The van der Waals surface area contributed by atoms with Crippen LogP contribution < -0.4 is 0 Å². The molecule has 6 nitrogen and oxygen atoms in total. The van der Waals surface area contributed by atoms with Crippen molar-refractivity contribution in [2.75, 3.05) is 13.2 Å². The molecule has 454 valence electrons. The summed E-state index contributed by atoms with van der Waals surface area (Å²) >= 11 is 0. The largest absolute Gasteiger partial charge is 0.462 e. The fourth-order valence-corrected chi connectivity index (χ4v) is 10.7. The van der Waals surface area contributed by atoms with E-state index < -0.39 is 6.10 Å². The van der Waals surface area contributed by atoms with Crippen LogP contribution in [0.1, 0.15) is 393 Å². The van der Waals surface area contributed by atoms with Crippen molar-refractivity contribution in [3.63, 3.8) is 0 Å². The van der Waals surface area contributed by atoms with Crippen molar-refractivity contribution in [2.24, 2.45) is 0 Å². The lowest BCUT2D eigenvalue weighted by atomic mass is 10.0. The standard InChI is InChI=1S/C71H134O6/c1-4-7-10-13-16-19-22-25-28-31-33-34-35-36-37-38-41-43-46-49-52-55-58-61-64-70(73)76-67-68(66-75-69(72)63-60-57-54-51-48-45-42-39-30-27-24-21-18-15-12-9-6-3)77-71(74)65-62-59-56-53-50-47-44-40-32-29-26-23-20-17-14-11-8-5-2/h20,23,29,32,68H,4-19,21-22,24-28,30-31,33-67H2,1-3H3/b23-20-,32-29-. The van der Waals surface area contributed by atoms with Gasteiger partial charge >= 0.3 is 17.9 Å². The minimum Gasteiger partial charge on any atom is -0.462 e. The predicted molar refractivity (Wildman–Crippen MR) is 335 cm³/mol. The lowest BCUT2D eigenvalue weighted by Crippen LogP contribution is -2.30. The molecule has 77 heavy (non-hydrogen) atoms. The third-order valence-corrected chi connectivity index (χ3v) is 16.0. The minimum atomic E-state index is -0.772. The van der Waals surface area contributed by atoms with Crippen molar-refractivity contribution < 1.29 is 28.6 Å². The van der Waals surface area contributed by atoms with Crippen molar-refractivity contribution in [2.45, 2.75) is 399 Å². The second-order valence-corrected chi connectivity index (χ2v) is 23.8. The van der Waals surface area contributed by atoms with Crippen molar-refractivity contribution in [3.05, 3.63) is 24.3 Å². The first-order valence-electron chi connectivity index (χ1n) is 34.8. The molecule has 0 aliphatic carbocycles. The van der Waals surface area contributed by atoms with Crippen LogP contribution in [0, 0.1) is 0 Å². The molecule has 0 bridgehead atoms. The highest BCUT2D eigenvalue weighted by molar-refractivity contribution is 5.71. The molecule has 0 saturated heterocycles. The third kappa shape index (κ3) is 64.6. The van der Waals surface area contributed by atoms with E-state index >= 15 is 0 Å². The molecule has 0 aromatic rings. The van der Waals surface area contributed by atoms with E-state index in [1.165, 1.54) is 283 Å². The molecule has 0 amide bonds. The Morgan fingerprint density at radius 2 is 0.468 bits per heavy atom. The molecule has 0 spiro atoms. The van der Waals surface area contributed by atoms with E-state index in [0.29, 0.717) is 19.3 Å². The predicted octanol–water partition coefficient (Wildman–Crippen LogP) is 23.8. The smallest absolute Gasteiger partial charge is 0.306 e. The Kier molecular flexibility index (Phi) is 64.6. The van der Waals surface area contributed by atoms with Gasteiger partial charge in [-0.2, -0.15) is 0 Å². The van der Waals surface area contributed by atoms with Gasteiger partial charge in [-0.25, -0.2) is 0 Å². The van der Waals surface area contributed by atoms with Gasteiger partial charge in [0.1, 0.15) is 13.2 Å². The third-order valence-electron chi connectivity index (χ3n) is 16.0. The topological polar surface area (TPSA) is 78.9 Å². The number of hydrogen-bond acceptors (Lipinski definition) is 6. The summed E-state index contributed by atoms with van der Waals surface area (Å²) in [4.78, 5) is 38.4. The minimum absolute atomic E-state index is 0.0681. The fraction of sp³-hybridized carbons (Fsp3) is 0.901. The number of unbranched alkanes of at least 4 members (excludes halogenated alkanes) is 50. The molecule has 0 aromatic heterocycles. The summed E-state index contributed by atoms with van der Waals surface area (Å²) in [5, 5.41) is 0. The van der Waals surface area contributed by atoms with E-state index in [1.807, 2.05) is 0 Å². The molecule has 0 heterocycles. The van der Waals surface area contributed by atoms with Gasteiger partial charge < -0.3 is 14.2 Å². The highest BCUT2D eigenvalue weighted by atomic mass is 16.6. The Morgan fingerprint density at radius 3 is 0.727 bits per heavy atom. The highest BCUT2D eigenvalue weighted by Gasteiger charge is 2.19. The maximum absolute atomic E-state index is 12.9. The van der Waals surface area contributed by atoms with Crippen LogP contribution in [0.3, 0.4) is 0 Å². The summed E-state index contributed by atoms with van der Waals surface area (Å²) in [5.74, 6) is -0.843. The molecule has 1 unspecified atom stereocenters. The number of ether oxygens (including phenoxy) is 3. The zero-order valence-corrected chi connectivity index (χ0v) is 52.3. The molecule has 0 rings (SSSR count). The first kappa shape index (κ1) is 74.9. The van der Waals surface area contributed by atoms with Gasteiger partial charge in [-0.05, 0) is 51.4 Å². The van der Waals surface area contributed by atoms with Gasteiger partial charge in [-0.3, -0.25) is 14.4 Å². The first-order chi connectivity index (χ1) is 38.0. The second kappa shape index (κ2) is 66.4. The average molecular weight is 1080 g/mol. The van der Waals surface area contributed by atoms with Gasteiger partial charge in [0.05, 0.1) is 0 Å². The number of allylic oxidation sites excluding steroid dienone is 4. The van der Waals surface area contributed by atoms with Crippen molar-refractivity contribution in [3.8, 4) is 0 Å². The molecule has 0 aliphatic heterocycles. The summed E-state index contributed by atoms with van der Waals surface area (Å²) in [6, 6.07) is 0. The van der Waals surface area contributed by atoms with Gasteiger partial charge in [0.15, 0.2) is 6.10 Å². The van der Waals surface area contributed by atoms with Crippen LogP contribution in [-0.2, 0) is 28.6 Å². The SMILES string of the molecule is CCCCCC/C=C\C/C=C\CCCCCCCCCC(=O)OC(COC(=O)CCCCCCCCCCCCCCCCCCC)COC(=O)CCCCCCCCCCCCCCCCCCCCCCCCCC. The quantitative estimate of drug-likeness (QED) is 0.0261. The Bertz CT molecular complexity index is 1240.